The molecule has 1 heterocycles. The van der Waals surface area contributed by atoms with E-state index >= 15 is 0 Å². The monoisotopic (exact) mass is 234 g/mol. The summed E-state index contributed by atoms with van der Waals surface area (Å²) in [5, 5.41) is 13.1. The lowest BCUT2D eigenvalue weighted by Crippen LogP contribution is -2.33. The molecule has 3 nitrogen and oxygen atoms in total. The summed E-state index contributed by atoms with van der Waals surface area (Å²) in [6.45, 7) is 5.52. The summed E-state index contributed by atoms with van der Waals surface area (Å²) in [6.07, 6.45) is 1.19. The number of aromatic hydroxyl groups is 1. The maximum absolute atomic E-state index is 9.47. The lowest BCUT2D eigenvalue weighted by atomic mass is 10.1. The Morgan fingerprint density at radius 2 is 2.24 bits per heavy atom. The number of phenolic OH excluding ortho intramolecular Hbond substituents is 1. The third-order valence-electron chi connectivity index (χ3n) is 3.74. The topological polar surface area (TPSA) is 35.5 Å². The van der Waals surface area contributed by atoms with Gasteiger partial charge in [0.2, 0.25) is 0 Å². The molecule has 1 aliphatic rings. The van der Waals surface area contributed by atoms with E-state index in [4.69, 9.17) is 0 Å². The van der Waals surface area contributed by atoms with Crippen molar-refractivity contribution in [3.05, 3.63) is 29.8 Å². The van der Waals surface area contributed by atoms with Gasteiger partial charge in [-0.2, -0.15) is 0 Å². The largest absolute Gasteiger partial charge is 0.508 e. The first-order chi connectivity index (χ1) is 8.06. The highest BCUT2D eigenvalue weighted by atomic mass is 16.3. The van der Waals surface area contributed by atoms with Crippen LogP contribution in [0.1, 0.15) is 31.9 Å². The van der Waals surface area contributed by atoms with Gasteiger partial charge in [-0.1, -0.05) is 12.1 Å². The zero-order valence-electron chi connectivity index (χ0n) is 10.9. The van der Waals surface area contributed by atoms with Crippen LogP contribution in [-0.2, 0) is 0 Å². The van der Waals surface area contributed by atoms with Crippen molar-refractivity contribution in [1.29, 1.82) is 0 Å². The summed E-state index contributed by atoms with van der Waals surface area (Å²) in [5.41, 5.74) is 1.15. The lowest BCUT2D eigenvalue weighted by Gasteiger charge is -2.19. The lowest BCUT2D eigenvalue weighted by molar-refractivity contribution is 0.325. The van der Waals surface area contributed by atoms with Crippen molar-refractivity contribution < 1.29 is 5.11 Å². The number of rotatable bonds is 3. The molecule has 0 bridgehead atoms. The van der Waals surface area contributed by atoms with E-state index in [-0.39, 0.29) is 6.04 Å². The highest BCUT2D eigenvalue weighted by Gasteiger charge is 2.26. The first kappa shape index (κ1) is 12.4. The zero-order valence-corrected chi connectivity index (χ0v) is 10.9. The summed E-state index contributed by atoms with van der Waals surface area (Å²) in [7, 11) is 2.17. The molecule has 3 atom stereocenters. The second-order valence-corrected chi connectivity index (χ2v) is 5.20. The molecule has 0 radical (unpaired) electrons. The van der Waals surface area contributed by atoms with Crippen LogP contribution in [0.3, 0.4) is 0 Å². The maximum Gasteiger partial charge on any atom is 0.115 e. The molecule has 94 valence electrons. The van der Waals surface area contributed by atoms with Gasteiger partial charge in [0, 0.05) is 24.7 Å². The molecule has 1 saturated heterocycles. The van der Waals surface area contributed by atoms with Crippen molar-refractivity contribution in [1.82, 2.24) is 10.2 Å². The fourth-order valence-electron chi connectivity index (χ4n) is 2.56. The molecule has 0 amide bonds. The van der Waals surface area contributed by atoms with E-state index in [2.05, 4.69) is 37.2 Å². The van der Waals surface area contributed by atoms with E-state index in [9.17, 15) is 5.11 Å². The Balaban J connectivity index is 1.96. The molecule has 0 aliphatic carbocycles. The van der Waals surface area contributed by atoms with Crippen molar-refractivity contribution in [3.8, 4) is 5.75 Å². The first-order valence-corrected chi connectivity index (χ1v) is 6.31. The predicted molar refractivity (Wildman–Crippen MR) is 70.2 cm³/mol. The highest BCUT2D eigenvalue weighted by molar-refractivity contribution is 5.29. The Morgan fingerprint density at radius 3 is 2.82 bits per heavy atom. The molecule has 17 heavy (non-hydrogen) atoms. The quantitative estimate of drug-likeness (QED) is 0.841. The number of likely N-dealkylation sites (tertiary alicyclic amines) is 1. The molecular weight excluding hydrogens is 212 g/mol. The Labute approximate surface area is 103 Å². The molecule has 2 N–H and O–H groups in total. The third kappa shape index (κ3) is 2.99. The van der Waals surface area contributed by atoms with Gasteiger partial charge in [0.05, 0.1) is 0 Å². The molecule has 0 spiro atoms. The van der Waals surface area contributed by atoms with Crippen LogP contribution in [0.15, 0.2) is 24.3 Å². The minimum atomic E-state index is 0.283. The van der Waals surface area contributed by atoms with Gasteiger partial charge in [-0.25, -0.2) is 0 Å². The Kier molecular flexibility index (Phi) is 3.69. The van der Waals surface area contributed by atoms with Crippen LogP contribution in [0.5, 0.6) is 5.75 Å². The first-order valence-electron chi connectivity index (χ1n) is 6.31. The van der Waals surface area contributed by atoms with Crippen molar-refractivity contribution >= 4 is 0 Å². The molecule has 1 aromatic rings. The number of nitrogens with one attached hydrogen (secondary N) is 1. The molecule has 1 fully saturated rings. The van der Waals surface area contributed by atoms with Crippen LogP contribution in [0.2, 0.25) is 0 Å². The van der Waals surface area contributed by atoms with Gasteiger partial charge in [-0.3, -0.25) is 0 Å². The van der Waals surface area contributed by atoms with E-state index in [1.54, 1.807) is 6.07 Å². The summed E-state index contributed by atoms with van der Waals surface area (Å²) in [6, 6.07) is 8.98. The molecule has 0 saturated carbocycles. The van der Waals surface area contributed by atoms with Gasteiger partial charge in [0.25, 0.3) is 0 Å². The smallest absolute Gasteiger partial charge is 0.115 e. The summed E-state index contributed by atoms with van der Waals surface area (Å²) in [5.74, 6) is 0.341. The Hall–Kier alpha value is -1.06. The van der Waals surface area contributed by atoms with Crippen LogP contribution in [-0.4, -0.2) is 35.7 Å². The minimum Gasteiger partial charge on any atom is -0.508 e. The molecule has 2 rings (SSSR count). The van der Waals surface area contributed by atoms with E-state index < -0.39 is 0 Å². The van der Waals surface area contributed by atoms with Crippen LogP contribution in [0.4, 0.5) is 0 Å². The number of nitrogens with zero attached hydrogens (tertiary/aromatic N) is 1. The van der Waals surface area contributed by atoms with Gasteiger partial charge in [0.1, 0.15) is 5.75 Å². The van der Waals surface area contributed by atoms with Gasteiger partial charge < -0.3 is 15.3 Å². The number of likely N-dealkylation sites (N-methyl/N-ethyl adjacent to an activating group) is 1. The Bertz CT molecular complexity index is 370. The SMILES string of the molecule is CC(NC1CC(C)N(C)C1)c1cccc(O)c1. The predicted octanol–water partition coefficient (Wildman–Crippen LogP) is 2.14. The zero-order chi connectivity index (χ0) is 12.4. The van der Waals surface area contributed by atoms with Gasteiger partial charge in [-0.05, 0) is 45.0 Å². The highest BCUT2D eigenvalue weighted by Crippen LogP contribution is 2.21. The third-order valence-corrected chi connectivity index (χ3v) is 3.74. The summed E-state index contributed by atoms with van der Waals surface area (Å²) in [4.78, 5) is 2.38. The summed E-state index contributed by atoms with van der Waals surface area (Å²) < 4.78 is 0. The van der Waals surface area contributed by atoms with Gasteiger partial charge in [0.15, 0.2) is 0 Å². The number of benzene rings is 1. The average molecular weight is 234 g/mol. The molecule has 3 heteroatoms. The number of hydrogen-bond acceptors (Lipinski definition) is 3. The van der Waals surface area contributed by atoms with Crippen molar-refractivity contribution in [2.45, 2.75) is 38.4 Å². The second kappa shape index (κ2) is 5.07. The minimum absolute atomic E-state index is 0.283. The van der Waals surface area contributed by atoms with E-state index in [0.717, 1.165) is 12.1 Å². The second-order valence-electron chi connectivity index (χ2n) is 5.20. The van der Waals surface area contributed by atoms with Crippen LogP contribution in [0, 0.1) is 0 Å². The van der Waals surface area contributed by atoms with Gasteiger partial charge in [-0.15, -0.1) is 0 Å². The summed E-state index contributed by atoms with van der Waals surface area (Å²) >= 11 is 0. The van der Waals surface area contributed by atoms with Crippen LogP contribution >= 0.6 is 0 Å². The molecule has 1 aromatic carbocycles. The number of hydrogen-bond donors (Lipinski definition) is 2. The van der Waals surface area contributed by atoms with Crippen molar-refractivity contribution in [3.63, 3.8) is 0 Å². The molecule has 1 aliphatic heterocycles. The van der Waals surface area contributed by atoms with E-state index in [1.807, 2.05) is 12.1 Å². The van der Waals surface area contributed by atoms with Crippen molar-refractivity contribution in [2.75, 3.05) is 13.6 Å². The maximum atomic E-state index is 9.47. The van der Waals surface area contributed by atoms with Crippen LogP contribution in [0.25, 0.3) is 0 Å². The molecule has 0 aromatic heterocycles. The van der Waals surface area contributed by atoms with E-state index in [0.29, 0.717) is 17.8 Å². The normalized spacial score (nSPS) is 27.2. The average Bonchev–Trinajstić information content (AvgIpc) is 2.58. The van der Waals surface area contributed by atoms with Crippen molar-refractivity contribution in [2.24, 2.45) is 0 Å². The Morgan fingerprint density at radius 1 is 1.47 bits per heavy atom. The molecule has 3 unspecified atom stereocenters. The molecular formula is C14H22N2O. The van der Waals surface area contributed by atoms with Crippen LogP contribution < -0.4 is 5.32 Å². The standard InChI is InChI=1S/C14H22N2O/c1-10-7-13(9-16(10)3)15-11(2)12-5-4-6-14(17)8-12/h4-6,8,10-11,13,15,17H,7,9H2,1-3H3. The van der Waals surface area contributed by atoms with Gasteiger partial charge >= 0.3 is 0 Å². The fourth-order valence-corrected chi connectivity index (χ4v) is 2.56. The number of phenols is 1. The van der Waals surface area contributed by atoms with E-state index in [1.165, 1.54) is 6.42 Å². The fraction of sp³-hybridized carbons (Fsp3) is 0.571.